The largest absolute Gasteiger partial charge is 0.456 e. The van der Waals surface area contributed by atoms with Crippen LogP contribution in [0.25, 0.3) is 0 Å². The lowest BCUT2D eigenvalue weighted by Crippen LogP contribution is -2.82. The molecule has 4 aliphatic rings. The van der Waals surface area contributed by atoms with Crippen LogP contribution in [-0.4, -0.2) is 129 Å². The Kier molecular flexibility index (Phi) is 15.5. The Morgan fingerprint density at radius 1 is 1.08 bits per heavy atom. The summed E-state index contributed by atoms with van der Waals surface area (Å²) < 4.78 is 36.0. The first-order valence-electron chi connectivity index (χ1n) is 21.0. The summed E-state index contributed by atoms with van der Waals surface area (Å²) in [5.41, 5.74) is -8.24. The fourth-order valence-electron chi connectivity index (χ4n) is 9.66. The molecule has 11 atom stereocenters. The number of ether oxygens (including phenoxy) is 6. The van der Waals surface area contributed by atoms with Gasteiger partial charge in [-0.05, 0) is 84.1 Å². The van der Waals surface area contributed by atoms with Gasteiger partial charge < -0.3 is 49.1 Å². The molecule has 1 aromatic rings. The number of Topliss-reactive ketones (excluding diaryl/α,β-unsaturated/α-hetero) is 1. The van der Waals surface area contributed by atoms with E-state index in [1.807, 2.05) is 6.26 Å². The molecule has 1 heterocycles. The van der Waals surface area contributed by atoms with Crippen LogP contribution in [0.1, 0.15) is 98.9 Å². The quantitative estimate of drug-likeness (QED) is 0.0633. The number of amides is 1. The normalized spacial score (nSPS) is 31.5. The molecule has 1 aromatic carbocycles. The number of hydrogen-bond acceptors (Lipinski definition) is 17. The maximum absolute atomic E-state index is 15.7. The van der Waals surface area contributed by atoms with Crippen molar-refractivity contribution < 1.29 is 72.5 Å². The van der Waals surface area contributed by atoms with Crippen LogP contribution in [0.15, 0.2) is 47.1 Å². The molecule has 5 rings (SSSR count). The number of nitrogens with one attached hydrogen (secondary N) is 1. The highest BCUT2D eigenvalue weighted by molar-refractivity contribution is 8.76. The van der Waals surface area contributed by atoms with Gasteiger partial charge in [0.05, 0.1) is 42.1 Å². The van der Waals surface area contributed by atoms with Crippen molar-refractivity contribution in [1.82, 2.24) is 5.32 Å². The molecule has 4 N–H and O–H groups in total. The number of hydrogen-bond donors (Lipinski definition) is 4. The van der Waals surface area contributed by atoms with E-state index in [0.29, 0.717) is 11.3 Å². The van der Waals surface area contributed by atoms with E-state index in [1.165, 1.54) is 65.8 Å². The number of ketones is 1. The maximum Gasteiger partial charge on any atom is 0.408 e. The topological polar surface area (TPSA) is 231 Å². The molecular formula is C45H60ClNO15S2. The molecular weight excluding hydrogens is 894 g/mol. The molecule has 1 aliphatic heterocycles. The summed E-state index contributed by atoms with van der Waals surface area (Å²) in [6.45, 7) is 15.1. The van der Waals surface area contributed by atoms with Crippen LogP contribution in [0.4, 0.5) is 4.79 Å². The van der Waals surface area contributed by atoms with Gasteiger partial charge >= 0.3 is 30.0 Å². The highest BCUT2D eigenvalue weighted by Gasteiger charge is 2.78. The molecule has 3 fully saturated rings. The first-order chi connectivity index (χ1) is 29.6. The van der Waals surface area contributed by atoms with Crippen LogP contribution in [0.2, 0.25) is 5.02 Å². The number of fused-ring (bicyclic) bond motifs is 5. The SMILES string of the molecule is CSSCCC(=O)O[C@H]1C(=O)[C@@]2(C)[C@H]([C@H](OC(=O)c3cccc(Cl)c3)[C@]3(O)C[C@H](OC(=O)[C@H](O)[C@H](C=C(C)C)NC(=O)OC(C)(C)C)C(C)=C1C3(C)C)[C@]1(OC(C)=O)CO[C@@H]1C[C@@H]2O. The number of aliphatic hydroxyl groups excluding tert-OH is 2. The molecule has 354 valence electrons. The minimum Gasteiger partial charge on any atom is -0.456 e. The Bertz CT molecular complexity index is 2080. The molecule has 0 spiro atoms. The summed E-state index contributed by atoms with van der Waals surface area (Å²) in [6, 6.07) is 4.43. The summed E-state index contributed by atoms with van der Waals surface area (Å²) in [6.07, 6.45) is -8.54. The fourth-order valence-corrected chi connectivity index (χ4v) is 11.0. The summed E-state index contributed by atoms with van der Waals surface area (Å²) >= 11 is 6.29. The van der Waals surface area contributed by atoms with Gasteiger partial charge in [0.2, 0.25) is 0 Å². The monoisotopic (exact) mass is 953 g/mol. The molecule has 19 heteroatoms. The van der Waals surface area contributed by atoms with Crippen molar-refractivity contribution in [2.24, 2.45) is 16.7 Å². The number of rotatable bonds is 13. The van der Waals surface area contributed by atoms with Crippen LogP contribution in [-0.2, 0) is 47.6 Å². The highest BCUT2D eigenvalue weighted by Crippen LogP contribution is 2.64. The van der Waals surface area contributed by atoms with E-state index in [9.17, 15) is 39.3 Å². The predicted molar refractivity (Wildman–Crippen MR) is 237 cm³/mol. The zero-order chi connectivity index (χ0) is 47.9. The lowest BCUT2D eigenvalue weighted by molar-refractivity contribution is -0.346. The second kappa shape index (κ2) is 19.3. The van der Waals surface area contributed by atoms with E-state index < -0.39 is 118 Å². The Morgan fingerprint density at radius 2 is 1.75 bits per heavy atom. The molecule has 1 saturated heterocycles. The molecule has 0 unspecified atom stereocenters. The molecule has 2 saturated carbocycles. The van der Waals surface area contributed by atoms with E-state index in [4.69, 9.17) is 40.0 Å². The fraction of sp³-hybridized carbons (Fsp3) is 0.644. The van der Waals surface area contributed by atoms with Gasteiger partial charge in [-0.2, -0.15) is 0 Å². The summed E-state index contributed by atoms with van der Waals surface area (Å²) in [7, 11) is 2.80. The Balaban J connectivity index is 1.76. The smallest absolute Gasteiger partial charge is 0.408 e. The molecule has 1 amide bonds. The van der Waals surface area contributed by atoms with Crippen LogP contribution >= 0.6 is 33.2 Å². The average Bonchev–Trinajstić information content (AvgIpc) is 3.17. The standard InChI is InChI=1S/C45H60ClNO15S2/c1-22(2)17-27(47-40(55)62-41(5,6)7)33(51)39(54)58-28-20-45(56)37(60-38(53)25-13-12-14-26(46)18-25)35-43(10,29(49)19-30-44(35,21-57-30)61-24(4)48)36(52)34(32(23(28)3)42(45,8)9)59-31(50)15-16-64-63-11/h12-14,17-18,27-30,33-35,37,49,51,56H,15-16,19-21H2,1-11H3,(H,47,55)/t27-,28-,29-,30+,33+,34+,35-,37-,43+,44-,45+/m0/s1. The van der Waals surface area contributed by atoms with Crippen LogP contribution in [0, 0.1) is 16.7 Å². The lowest BCUT2D eigenvalue weighted by Gasteiger charge is -2.67. The van der Waals surface area contributed by atoms with Gasteiger partial charge in [0, 0.05) is 36.0 Å². The number of allylic oxidation sites excluding steroid dienone is 1. The van der Waals surface area contributed by atoms with Gasteiger partial charge in [-0.25, -0.2) is 14.4 Å². The second-order valence-corrected chi connectivity index (χ2v) is 21.9. The predicted octanol–water partition coefficient (Wildman–Crippen LogP) is 5.46. The van der Waals surface area contributed by atoms with Gasteiger partial charge in [0.1, 0.15) is 29.5 Å². The minimum absolute atomic E-state index is 0.0127. The van der Waals surface area contributed by atoms with Crippen LogP contribution < -0.4 is 5.32 Å². The Labute approximate surface area is 386 Å². The minimum atomic E-state index is -2.43. The van der Waals surface area contributed by atoms with Gasteiger partial charge in [0.25, 0.3) is 0 Å². The number of alkyl carbamates (subject to hydrolysis) is 1. The van der Waals surface area contributed by atoms with Gasteiger partial charge in [-0.15, -0.1) is 0 Å². The summed E-state index contributed by atoms with van der Waals surface area (Å²) in [5, 5.41) is 40.2. The number of halogens is 1. The van der Waals surface area contributed by atoms with Crippen molar-refractivity contribution >= 4 is 68.9 Å². The van der Waals surface area contributed by atoms with Crippen molar-refractivity contribution in [1.29, 1.82) is 0 Å². The second-order valence-electron chi connectivity index (χ2n) is 18.8. The van der Waals surface area contributed by atoms with E-state index in [2.05, 4.69) is 5.32 Å². The Morgan fingerprint density at radius 3 is 2.31 bits per heavy atom. The molecule has 16 nitrogen and oxygen atoms in total. The van der Waals surface area contributed by atoms with Crippen molar-refractivity contribution in [3.05, 3.63) is 57.6 Å². The van der Waals surface area contributed by atoms with E-state index in [0.717, 1.165) is 6.92 Å². The first kappa shape index (κ1) is 51.3. The van der Waals surface area contributed by atoms with Crippen molar-refractivity contribution in [2.45, 2.75) is 148 Å². The van der Waals surface area contributed by atoms with Gasteiger partial charge in [-0.1, -0.05) is 64.8 Å². The third kappa shape index (κ3) is 9.88. The molecule has 3 aliphatic carbocycles. The third-order valence-electron chi connectivity index (χ3n) is 12.7. The molecule has 0 aromatic heterocycles. The summed E-state index contributed by atoms with van der Waals surface area (Å²) in [5.74, 6) is -6.00. The number of carbonyl (C=O) groups excluding carboxylic acids is 6. The number of carbonyl (C=O) groups is 6. The third-order valence-corrected chi connectivity index (χ3v) is 14.8. The Hall–Kier alpha value is -3.65. The van der Waals surface area contributed by atoms with Crippen LogP contribution in [0.5, 0.6) is 0 Å². The number of esters is 4. The van der Waals surface area contributed by atoms with E-state index >= 15 is 4.79 Å². The van der Waals surface area contributed by atoms with Gasteiger partial charge in [-0.3, -0.25) is 14.4 Å². The number of aliphatic hydroxyl groups is 3. The zero-order valence-corrected chi connectivity index (χ0v) is 40.4. The van der Waals surface area contributed by atoms with Crippen molar-refractivity contribution in [3.8, 4) is 0 Å². The summed E-state index contributed by atoms with van der Waals surface area (Å²) in [4.78, 5) is 84.0. The van der Waals surface area contributed by atoms with E-state index in [1.54, 1.807) is 48.5 Å². The molecule has 0 radical (unpaired) electrons. The maximum atomic E-state index is 15.7. The van der Waals surface area contributed by atoms with Crippen molar-refractivity contribution in [2.75, 3.05) is 18.6 Å². The number of benzene rings is 1. The van der Waals surface area contributed by atoms with Crippen molar-refractivity contribution in [3.63, 3.8) is 0 Å². The van der Waals surface area contributed by atoms with Gasteiger partial charge in [0.15, 0.2) is 23.6 Å². The van der Waals surface area contributed by atoms with Crippen LogP contribution in [0.3, 0.4) is 0 Å². The highest BCUT2D eigenvalue weighted by atomic mass is 35.5. The lowest BCUT2D eigenvalue weighted by atomic mass is 9.44. The first-order valence-corrected chi connectivity index (χ1v) is 24.1. The molecule has 64 heavy (non-hydrogen) atoms. The molecule has 2 bridgehead atoms. The average molecular weight is 955 g/mol. The zero-order valence-electron chi connectivity index (χ0n) is 38.0. The van der Waals surface area contributed by atoms with E-state index in [-0.39, 0.29) is 41.2 Å².